The van der Waals surface area contributed by atoms with Gasteiger partial charge in [0.25, 0.3) is 15.7 Å². The molecule has 0 radical (unpaired) electrons. The van der Waals surface area contributed by atoms with Crippen LogP contribution in [0.3, 0.4) is 0 Å². The Kier molecular flexibility index (Phi) is 3.29. The van der Waals surface area contributed by atoms with Crippen LogP contribution >= 0.6 is 22.9 Å². The zero-order chi connectivity index (χ0) is 14.4. The number of nitrogens with zero attached hydrogens (tertiary/aromatic N) is 1. The third kappa shape index (κ3) is 2.56. The summed E-state index contributed by atoms with van der Waals surface area (Å²) in [7, 11) is -4.14. The first-order valence-electron chi connectivity index (χ1n) is 4.89. The average molecular weight is 327 g/mol. The number of halogens is 1. The fourth-order valence-corrected chi connectivity index (χ4v) is 4.47. The highest BCUT2D eigenvalue weighted by Crippen LogP contribution is 2.40. The van der Waals surface area contributed by atoms with Crippen LogP contribution in [0.15, 0.2) is 10.3 Å². The summed E-state index contributed by atoms with van der Waals surface area (Å²) < 4.78 is 25.3. The number of hydrogen-bond acceptors (Lipinski definition) is 6. The lowest BCUT2D eigenvalue weighted by molar-refractivity contribution is -0.384. The van der Waals surface area contributed by atoms with Crippen LogP contribution < -0.4 is 4.72 Å². The lowest BCUT2D eigenvalue weighted by Gasteiger charge is -2.11. The van der Waals surface area contributed by atoms with E-state index in [1.54, 1.807) is 0 Å². The first kappa shape index (κ1) is 14.2. The molecule has 0 saturated heterocycles. The molecule has 1 heterocycles. The smallest absolute Gasteiger partial charge is 0.324 e. The van der Waals surface area contributed by atoms with Gasteiger partial charge in [0.05, 0.1) is 4.92 Å². The van der Waals surface area contributed by atoms with Crippen molar-refractivity contribution in [3.63, 3.8) is 0 Å². The summed E-state index contributed by atoms with van der Waals surface area (Å²) in [6.07, 6.45) is 0.367. The van der Waals surface area contributed by atoms with Crippen molar-refractivity contribution in [3.05, 3.63) is 20.5 Å². The summed E-state index contributed by atoms with van der Waals surface area (Å²) in [6, 6.07) is 0.813. The fraction of sp³-hybridized carbons (Fsp3) is 0.375. The van der Waals surface area contributed by atoms with Gasteiger partial charge >= 0.3 is 5.97 Å². The van der Waals surface area contributed by atoms with E-state index in [9.17, 15) is 23.3 Å². The third-order valence-corrected chi connectivity index (χ3v) is 5.94. The second kappa shape index (κ2) is 4.40. The van der Waals surface area contributed by atoms with Gasteiger partial charge in [0.1, 0.15) is 9.75 Å². The molecule has 19 heavy (non-hydrogen) atoms. The number of carbonyl (C=O) groups is 1. The molecule has 0 unspecified atom stereocenters. The first-order chi connectivity index (χ1) is 8.68. The van der Waals surface area contributed by atoms with Gasteiger partial charge in [0, 0.05) is 6.07 Å². The van der Waals surface area contributed by atoms with E-state index < -0.39 is 32.1 Å². The van der Waals surface area contributed by atoms with Crippen LogP contribution in [0.5, 0.6) is 0 Å². The summed E-state index contributed by atoms with van der Waals surface area (Å²) >= 11 is 6.07. The summed E-state index contributed by atoms with van der Waals surface area (Å²) in [5, 5.41) is 19.5. The van der Waals surface area contributed by atoms with Crippen molar-refractivity contribution in [2.75, 3.05) is 0 Å². The van der Waals surface area contributed by atoms with Crippen LogP contribution in [0.2, 0.25) is 4.34 Å². The second-order valence-corrected chi connectivity index (χ2v) is 7.54. The molecule has 104 valence electrons. The lowest BCUT2D eigenvalue weighted by atomic mass is 10.3. The molecule has 0 aromatic carbocycles. The molecule has 0 atom stereocenters. The Morgan fingerprint density at radius 1 is 1.58 bits per heavy atom. The van der Waals surface area contributed by atoms with E-state index in [0.29, 0.717) is 11.3 Å². The zero-order valence-corrected chi connectivity index (χ0v) is 11.5. The molecule has 0 bridgehead atoms. The standard InChI is InChI=1S/C8H7ClN2O6S2/c9-6-4(11(14)15)3-5(18-6)19(16,17)10-8(1-2-8)7(12)13/h3,10H,1-2H2,(H,12,13). The number of hydrogen-bond donors (Lipinski definition) is 2. The highest BCUT2D eigenvalue weighted by Gasteiger charge is 2.53. The number of carboxylic acids is 1. The number of carboxylic acid groups (broad SMARTS) is 1. The summed E-state index contributed by atoms with van der Waals surface area (Å²) in [6.45, 7) is 0. The minimum atomic E-state index is -4.14. The van der Waals surface area contributed by atoms with Gasteiger partial charge in [-0.3, -0.25) is 14.9 Å². The van der Waals surface area contributed by atoms with Crippen molar-refractivity contribution in [3.8, 4) is 0 Å². The number of sulfonamides is 1. The molecule has 1 aromatic heterocycles. The van der Waals surface area contributed by atoms with Gasteiger partial charge in [-0.2, -0.15) is 4.72 Å². The monoisotopic (exact) mass is 326 g/mol. The molecule has 1 aliphatic rings. The SMILES string of the molecule is O=C(O)C1(NS(=O)(=O)c2cc([N+](=O)[O-])c(Cl)s2)CC1. The van der Waals surface area contributed by atoms with Crippen LogP contribution in [0.4, 0.5) is 5.69 Å². The first-order valence-corrected chi connectivity index (χ1v) is 7.57. The number of nitro groups is 1. The van der Waals surface area contributed by atoms with Gasteiger partial charge in [-0.15, -0.1) is 11.3 Å². The molecule has 1 aromatic rings. The van der Waals surface area contributed by atoms with Crippen molar-refractivity contribution >= 4 is 44.6 Å². The Balaban J connectivity index is 2.33. The van der Waals surface area contributed by atoms with Gasteiger partial charge in [-0.25, -0.2) is 8.42 Å². The highest BCUT2D eigenvalue weighted by atomic mass is 35.5. The van der Waals surface area contributed by atoms with Crippen molar-refractivity contribution in [1.82, 2.24) is 4.72 Å². The quantitative estimate of drug-likeness (QED) is 0.618. The Morgan fingerprint density at radius 3 is 2.53 bits per heavy atom. The minimum Gasteiger partial charge on any atom is -0.480 e. The summed E-state index contributed by atoms with van der Waals surface area (Å²) in [5.74, 6) is -1.27. The van der Waals surface area contributed by atoms with E-state index in [1.807, 2.05) is 4.72 Å². The van der Waals surface area contributed by atoms with Crippen LogP contribution in [0.1, 0.15) is 12.8 Å². The van der Waals surface area contributed by atoms with E-state index in [2.05, 4.69) is 0 Å². The molecule has 1 fully saturated rings. The van der Waals surface area contributed by atoms with Gasteiger partial charge < -0.3 is 5.11 Å². The van der Waals surface area contributed by atoms with E-state index in [0.717, 1.165) is 6.07 Å². The van der Waals surface area contributed by atoms with E-state index in [4.69, 9.17) is 16.7 Å². The predicted molar refractivity (Wildman–Crippen MR) is 65.9 cm³/mol. The predicted octanol–water partition coefficient (Wildman–Crippen LogP) is 1.21. The lowest BCUT2D eigenvalue weighted by Crippen LogP contribution is -2.42. The zero-order valence-electron chi connectivity index (χ0n) is 9.12. The van der Waals surface area contributed by atoms with E-state index in [-0.39, 0.29) is 21.4 Å². The second-order valence-electron chi connectivity index (χ2n) is 3.97. The van der Waals surface area contributed by atoms with Crippen molar-refractivity contribution in [2.45, 2.75) is 22.6 Å². The van der Waals surface area contributed by atoms with E-state index >= 15 is 0 Å². The molecule has 11 heteroatoms. The molecule has 2 rings (SSSR count). The maximum atomic E-state index is 11.9. The Bertz CT molecular complexity index is 663. The van der Waals surface area contributed by atoms with Crippen molar-refractivity contribution in [2.24, 2.45) is 0 Å². The Morgan fingerprint density at radius 2 is 2.16 bits per heavy atom. The topological polar surface area (TPSA) is 127 Å². The summed E-state index contributed by atoms with van der Waals surface area (Å²) in [5.41, 5.74) is -2.02. The molecule has 0 aliphatic heterocycles. The maximum absolute atomic E-state index is 11.9. The molecule has 1 aliphatic carbocycles. The Hall–Kier alpha value is -1.23. The molecular formula is C8H7ClN2O6S2. The normalized spacial score (nSPS) is 17.1. The van der Waals surface area contributed by atoms with Crippen LogP contribution in [0.25, 0.3) is 0 Å². The average Bonchev–Trinajstić information content (AvgIpc) is 2.92. The van der Waals surface area contributed by atoms with Crippen molar-refractivity contribution < 1.29 is 23.2 Å². The number of nitrogens with one attached hydrogen (secondary N) is 1. The van der Waals surface area contributed by atoms with Gasteiger partial charge in [-0.05, 0) is 12.8 Å². The Labute approximate surface area is 116 Å². The third-order valence-electron chi connectivity index (χ3n) is 2.60. The molecule has 0 spiro atoms. The van der Waals surface area contributed by atoms with Gasteiger partial charge in [0.15, 0.2) is 4.34 Å². The number of aliphatic carboxylic acids is 1. The fourth-order valence-electron chi connectivity index (χ4n) is 1.39. The van der Waals surface area contributed by atoms with Crippen LogP contribution in [-0.4, -0.2) is 30.0 Å². The minimum absolute atomic E-state index is 0.183. The highest BCUT2D eigenvalue weighted by molar-refractivity contribution is 7.91. The van der Waals surface area contributed by atoms with Gasteiger partial charge in [-0.1, -0.05) is 11.6 Å². The van der Waals surface area contributed by atoms with Gasteiger partial charge in [0.2, 0.25) is 0 Å². The molecule has 2 N–H and O–H groups in total. The molecule has 0 amide bonds. The largest absolute Gasteiger partial charge is 0.480 e. The molecular weight excluding hydrogens is 320 g/mol. The molecule has 1 saturated carbocycles. The van der Waals surface area contributed by atoms with Crippen LogP contribution in [0, 0.1) is 10.1 Å². The molecule has 8 nitrogen and oxygen atoms in total. The number of rotatable bonds is 5. The van der Waals surface area contributed by atoms with Crippen molar-refractivity contribution in [1.29, 1.82) is 0 Å². The van der Waals surface area contributed by atoms with E-state index in [1.165, 1.54) is 0 Å². The van der Waals surface area contributed by atoms with Crippen LogP contribution in [-0.2, 0) is 14.8 Å². The maximum Gasteiger partial charge on any atom is 0.324 e. The summed E-state index contributed by atoms with van der Waals surface area (Å²) in [4.78, 5) is 20.7. The number of thiophene rings is 1.